The van der Waals surface area contributed by atoms with Crippen molar-refractivity contribution in [3.8, 4) is 5.75 Å². The summed E-state index contributed by atoms with van der Waals surface area (Å²) >= 11 is 0. The molecule has 1 fully saturated rings. The lowest BCUT2D eigenvalue weighted by atomic mass is 9.89. The number of hydrogen-bond donors (Lipinski definition) is 1. The number of piperidine rings is 1. The van der Waals surface area contributed by atoms with Gasteiger partial charge in [0.2, 0.25) is 11.6 Å². The molecule has 28 heavy (non-hydrogen) atoms. The summed E-state index contributed by atoms with van der Waals surface area (Å²) in [6.07, 6.45) is 3.22. The number of carbonyl (C=O) groups is 2. The van der Waals surface area contributed by atoms with Crippen LogP contribution < -0.4 is 10.1 Å². The van der Waals surface area contributed by atoms with Crippen LogP contribution in [0.15, 0.2) is 59.9 Å². The number of anilines is 1. The highest BCUT2D eigenvalue weighted by Crippen LogP contribution is 2.31. The standard InChI is InChI=1S/C23H24N2O3/c1-2-28-17-12-10-16(11-13-17)24-20-21(25-14-6-3-7-15-25)23(27)19-9-5-4-8-18(19)22(20)26/h4-5,8-13,24H,2-3,6-7,14-15H2,1H3. The van der Waals surface area contributed by atoms with Gasteiger partial charge in [-0.3, -0.25) is 9.59 Å². The highest BCUT2D eigenvalue weighted by Gasteiger charge is 2.35. The number of rotatable bonds is 5. The van der Waals surface area contributed by atoms with E-state index in [0.29, 0.717) is 29.1 Å². The molecule has 1 heterocycles. The predicted molar refractivity (Wildman–Crippen MR) is 109 cm³/mol. The van der Waals surface area contributed by atoms with Crippen molar-refractivity contribution in [2.45, 2.75) is 26.2 Å². The van der Waals surface area contributed by atoms with Gasteiger partial charge in [-0.25, -0.2) is 0 Å². The molecular formula is C23H24N2O3. The van der Waals surface area contributed by atoms with Crippen LogP contribution in [0, 0.1) is 0 Å². The largest absolute Gasteiger partial charge is 0.494 e. The Balaban J connectivity index is 1.74. The van der Waals surface area contributed by atoms with E-state index < -0.39 is 0 Å². The topological polar surface area (TPSA) is 58.6 Å². The summed E-state index contributed by atoms with van der Waals surface area (Å²) in [7, 11) is 0. The lowest BCUT2D eigenvalue weighted by Crippen LogP contribution is -2.39. The van der Waals surface area contributed by atoms with E-state index in [9.17, 15) is 9.59 Å². The number of allylic oxidation sites excluding steroid dienone is 2. The van der Waals surface area contributed by atoms with Gasteiger partial charge in [-0.15, -0.1) is 0 Å². The molecule has 4 rings (SSSR count). The third-order valence-electron chi connectivity index (χ3n) is 5.20. The molecule has 1 saturated heterocycles. The maximum absolute atomic E-state index is 13.3. The monoisotopic (exact) mass is 376 g/mol. The summed E-state index contributed by atoms with van der Waals surface area (Å²) in [5, 5.41) is 3.23. The Morgan fingerprint density at radius 3 is 2.18 bits per heavy atom. The first-order valence-electron chi connectivity index (χ1n) is 9.86. The normalized spacial score (nSPS) is 16.8. The smallest absolute Gasteiger partial charge is 0.212 e. The van der Waals surface area contributed by atoms with Gasteiger partial charge < -0.3 is 15.0 Å². The molecule has 1 aliphatic heterocycles. The van der Waals surface area contributed by atoms with E-state index in [1.54, 1.807) is 18.2 Å². The van der Waals surface area contributed by atoms with Crippen molar-refractivity contribution in [3.63, 3.8) is 0 Å². The quantitative estimate of drug-likeness (QED) is 0.844. The minimum atomic E-state index is -0.135. The molecule has 2 aliphatic rings. The summed E-state index contributed by atoms with van der Waals surface area (Å²) in [5.41, 5.74) is 2.58. The van der Waals surface area contributed by atoms with Crippen molar-refractivity contribution in [3.05, 3.63) is 71.1 Å². The number of nitrogens with one attached hydrogen (secondary N) is 1. The Morgan fingerprint density at radius 1 is 0.893 bits per heavy atom. The van der Waals surface area contributed by atoms with Crippen molar-refractivity contribution in [2.75, 3.05) is 25.0 Å². The average Bonchev–Trinajstić information content (AvgIpc) is 2.74. The Bertz CT molecular complexity index is 925. The van der Waals surface area contributed by atoms with Gasteiger partial charge in [0.25, 0.3) is 0 Å². The molecule has 1 N–H and O–H groups in total. The molecule has 5 heteroatoms. The highest BCUT2D eigenvalue weighted by molar-refractivity contribution is 6.27. The molecule has 0 spiro atoms. The summed E-state index contributed by atoms with van der Waals surface area (Å²) < 4.78 is 5.48. The number of carbonyl (C=O) groups excluding carboxylic acids is 2. The van der Waals surface area contributed by atoms with Crippen LogP contribution >= 0.6 is 0 Å². The van der Waals surface area contributed by atoms with Crippen LogP contribution in [0.5, 0.6) is 5.75 Å². The molecule has 0 saturated carbocycles. The maximum atomic E-state index is 13.3. The van der Waals surface area contributed by atoms with Crippen LogP contribution in [0.25, 0.3) is 0 Å². The molecule has 0 amide bonds. The second kappa shape index (κ2) is 7.89. The minimum absolute atomic E-state index is 0.0782. The molecule has 5 nitrogen and oxygen atoms in total. The number of Topliss-reactive ketones (excluding diaryl/α,β-unsaturated/α-hetero) is 2. The molecule has 144 valence electrons. The van der Waals surface area contributed by atoms with Gasteiger partial charge in [0, 0.05) is 29.9 Å². The molecule has 1 aliphatic carbocycles. The number of ketones is 2. The van der Waals surface area contributed by atoms with Crippen LogP contribution in [-0.2, 0) is 0 Å². The second-order valence-corrected chi connectivity index (χ2v) is 7.06. The minimum Gasteiger partial charge on any atom is -0.494 e. The second-order valence-electron chi connectivity index (χ2n) is 7.06. The third-order valence-corrected chi connectivity index (χ3v) is 5.20. The van der Waals surface area contributed by atoms with E-state index in [2.05, 4.69) is 10.2 Å². The maximum Gasteiger partial charge on any atom is 0.212 e. The summed E-state index contributed by atoms with van der Waals surface area (Å²) in [6, 6.07) is 14.5. The predicted octanol–water partition coefficient (Wildman–Crippen LogP) is 4.27. The zero-order chi connectivity index (χ0) is 19.5. The van der Waals surface area contributed by atoms with Crippen molar-refractivity contribution < 1.29 is 14.3 Å². The number of nitrogens with zero attached hydrogens (tertiary/aromatic N) is 1. The Kier molecular flexibility index (Phi) is 5.15. The lowest BCUT2D eigenvalue weighted by Gasteiger charge is -2.34. The Morgan fingerprint density at radius 2 is 1.54 bits per heavy atom. The molecule has 0 aromatic heterocycles. The molecule has 0 unspecified atom stereocenters. The molecular weight excluding hydrogens is 352 g/mol. The number of fused-ring (bicyclic) bond motifs is 1. The first kappa shape index (κ1) is 18.3. The van der Waals surface area contributed by atoms with Crippen molar-refractivity contribution >= 4 is 17.3 Å². The zero-order valence-electron chi connectivity index (χ0n) is 16.0. The van der Waals surface area contributed by atoms with E-state index in [1.165, 1.54) is 0 Å². The van der Waals surface area contributed by atoms with E-state index in [0.717, 1.165) is 43.8 Å². The van der Waals surface area contributed by atoms with Gasteiger partial charge in [0.15, 0.2) is 0 Å². The van der Waals surface area contributed by atoms with Gasteiger partial charge >= 0.3 is 0 Å². The van der Waals surface area contributed by atoms with Crippen LogP contribution in [0.4, 0.5) is 5.69 Å². The van der Waals surface area contributed by atoms with Gasteiger partial charge in [-0.05, 0) is 50.5 Å². The van der Waals surface area contributed by atoms with Gasteiger partial charge in [-0.2, -0.15) is 0 Å². The van der Waals surface area contributed by atoms with E-state index in [-0.39, 0.29) is 11.6 Å². The molecule has 0 bridgehead atoms. The van der Waals surface area contributed by atoms with Crippen molar-refractivity contribution in [2.24, 2.45) is 0 Å². The molecule has 0 atom stereocenters. The van der Waals surface area contributed by atoms with Gasteiger partial charge in [-0.1, -0.05) is 24.3 Å². The van der Waals surface area contributed by atoms with Gasteiger partial charge in [0.1, 0.15) is 17.1 Å². The van der Waals surface area contributed by atoms with E-state index in [4.69, 9.17) is 4.74 Å². The fourth-order valence-electron chi connectivity index (χ4n) is 3.84. The van der Waals surface area contributed by atoms with Crippen LogP contribution in [0.2, 0.25) is 0 Å². The van der Waals surface area contributed by atoms with Crippen LogP contribution in [0.1, 0.15) is 46.9 Å². The average molecular weight is 376 g/mol. The van der Waals surface area contributed by atoms with Crippen LogP contribution in [0.3, 0.4) is 0 Å². The van der Waals surface area contributed by atoms with Gasteiger partial charge in [0.05, 0.1) is 6.61 Å². The number of hydrogen-bond acceptors (Lipinski definition) is 5. The van der Waals surface area contributed by atoms with E-state index >= 15 is 0 Å². The van der Waals surface area contributed by atoms with E-state index in [1.807, 2.05) is 37.3 Å². The lowest BCUT2D eigenvalue weighted by molar-refractivity contribution is 0.0935. The zero-order valence-corrected chi connectivity index (χ0v) is 16.0. The summed E-state index contributed by atoms with van der Waals surface area (Å²) in [5.74, 6) is 0.560. The third kappa shape index (κ3) is 3.40. The fourth-order valence-corrected chi connectivity index (χ4v) is 3.84. The van der Waals surface area contributed by atoms with Crippen LogP contribution in [-0.4, -0.2) is 36.2 Å². The Labute approximate surface area is 165 Å². The first-order chi connectivity index (χ1) is 13.7. The first-order valence-corrected chi connectivity index (χ1v) is 9.86. The summed E-state index contributed by atoms with van der Waals surface area (Å²) in [6.45, 7) is 4.13. The number of likely N-dealkylation sites (tertiary alicyclic amines) is 1. The molecule has 2 aromatic rings. The number of benzene rings is 2. The van der Waals surface area contributed by atoms with Crippen molar-refractivity contribution in [1.29, 1.82) is 0 Å². The Hall–Kier alpha value is -3.08. The molecule has 0 radical (unpaired) electrons. The molecule has 2 aromatic carbocycles. The van der Waals surface area contributed by atoms with Crippen molar-refractivity contribution in [1.82, 2.24) is 4.90 Å². The fraction of sp³-hybridized carbons (Fsp3) is 0.304. The number of ether oxygens (including phenoxy) is 1. The highest BCUT2D eigenvalue weighted by atomic mass is 16.5. The summed E-state index contributed by atoms with van der Waals surface area (Å²) in [4.78, 5) is 28.6. The SMILES string of the molecule is CCOc1ccc(NC2=C(N3CCCCC3)C(=O)c3ccccc3C2=O)cc1.